The third-order valence-corrected chi connectivity index (χ3v) is 2.60. The van der Waals surface area contributed by atoms with E-state index in [4.69, 9.17) is 5.26 Å². The van der Waals surface area contributed by atoms with E-state index < -0.39 is 6.04 Å². The van der Waals surface area contributed by atoms with E-state index in [-0.39, 0.29) is 5.91 Å². The van der Waals surface area contributed by atoms with Gasteiger partial charge in [-0.1, -0.05) is 36.8 Å². The number of carbonyl (C=O) groups is 1. The molecule has 16 heavy (non-hydrogen) atoms. The zero-order valence-electron chi connectivity index (χ0n) is 9.90. The lowest BCUT2D eigenvalue weighted by molar-refractivity contribution is -0.130. The molecular formula is C13H16N2O. The topological polar surface area (TPSA) is 44.1 Å². The third kappa shape index (κ3) is 2.60. The standard InChI is InChI=1S/C13H16N2O/c1-4-13(16)15(3)12(9-14)11-7-5-10(2)6-8-11/h5-8,12H,4H2,1-3H3. The molecular weight excluding hydrogens is 200 g/mol. The van der Waals surface area contributed by atoms with Crippen molar-refractivity contribution in [3.05, 3.63) is 35.4 Å². The number of hydrogen-bond acceptors (Lipinski definition) is 2. The zero-order chi connectivity index (χ0) is 12.1. The number of rotatable bonds is 3. The van der Waals surface area contributed by atoms with Gasteiger partial charge in [-0.15, -0.1) is 0 Å². The summed E-state index contributed by atoms with van der Waals surface area (Å²) < 4.78 is 0. The molecule has 0 radical (unpaired) electrons. The van der Waals surface area contributed by atoms with Crippen LogP contribution in [0.3, 0.4) is 0 Å². The van der Waals surface area contributed by atoms with Gasteiger partial charge in [0.15, 0.2) is 0 Å². The molecule has 0 aliphatic carbocycles. The maximum atomic E-state index is 11.5. The largest absolute Gasteiger partial charge is 0.326 e. The van der Waals surface area contributed by atoms with Crippen LogP contribution in [-0.2, 0) is 4.79 Å². The second kappa shape index (κ2) is 5.32. The van der Waals surface area contributed by atoms with Crippen LogP contribution >= 0.6 is 0 Å². The summed E-state index contributed by atoms with van der Waals surface area (Å²) in [6.45, 7) is 3.79. The highest BCUT2D eigenvalue weighted by atomic mass is 16.2. The molecule has 1 aromatic rings. The molecule has 1 atom stereocenters. The van der Waals surface area contributed by atoms with Crippen LogP contribution in [0.15, 0.2) is 24.3 Å². The van der Waals surface area contributed by atoms with E-state index in [1.54, 1.807) is 14.0 Å². The highest BCUT2D eigenvalue weighted by Gasteiger charge is 2.19. The fourth-order valence-electron chi connectivity index (χ4n) is 1.53. The van der Waals surface area contributed by atoms with Gasteiger partial charge >= 0.3 is 0 Å². The lowest BCUT2D eigenvalue weighted by Gasteiger charge is -2.22. The van der Waals surface area contributed by atoms with Crippen molar-refractivity contribution in [2.24, 2.45) is 0 Å². The molecule has 3 nitrogen and oxygen atoms in total. The highest BCUT2D eigenvalue weighted by molar-refractivity contribution is 5.76. The number of aryl methyl sites for hydroxylation is 1. The summed E-state index contributed by atoms with van der Waals surface area (Å²) in [6.07, 6.45) is 0.417. The molecule has 0 heterocycles. The van der Waals surface area contributed by atoms with Gasteiger partial charge in [-0.2, -0.15) is 5.26 Å². The minimum atomic E-state index is -0.493. The van der Waals surface area contributed by atoms with Crippen molar-refractivity contribution >= 4 is 5.91 Å². The van der Waals surface area contributed by atoms with Gasteiger partial charge in [0.25, 0.3) is 0 Å². The quantitative estimate of drug-likeness (QED) is 0.778. The smallest absolute Gasteiger partial charge is 0.223 e. The van der Waals surface area contributed by atoms with Gasteiger partial charge in [0, 0.05) is 13.5 Å². The monoisotopic (exact) mass is 216 g/mol. The van der Waals surface area contributed by atoms with Crippen LogP contribution in [0.1, 0.15) is 30.5 Å². The zero-order valence-corrected chi connectivity index (χ0v) is 9.90. The van der Waals surface area contributed by atoms with Crippen molar-refractivity contribution in [3.8, 4) is 6.07 Å². The summed E-state index contributed by atoms with van der Waals surface area (Å²) in [6, 6.07) is 9.35. The second-order valence-electron chi connectivity index (χ2n) is 3.80. The van der Waals surface area contributed by atoms with Gasteiger partial charge in [-0.05, 0) is 12.5 Å². The van der Waals surface area contributed by atoms with Crippen LogP contribution in [0, 0.1) is 18.3 Å². The molecule has 0 aromatic heterocycles. The average molecular weight is 216 g/mol. The summed E-state index contributed by atoms with van der Waals surface area (Å²) in [5, 5.41) is 9.12. The molecule has 0 saturated heterocycles. The normalized spacial score (nSPS) is 11.6. The van der Waals surface area contributed by atoms with E-state index in [0.717, 1.165) is 11.1 Å². The van der Waals surface area contributed by atoms with Gasteiger partial charge in [0.2, 0.25) is 5.91 Å². The highest BCUT2D eigenvalue weighted by Crippen LogP contribution is 2.19. The van der Waals surface area contributed by atoms with Crippen LogP contribution < -0.4 is 0 Å². The molecule has 0 saturated carbocycles. The molecule has 0 aliphatic heterocycles. The van der Waals surface area contributed by atoms with Crippen LogP contribution in [0.5, 0.6) is 0 Å². The van der Waals surface area contributed by atoms with Gasteiger partial charge in [-0.3, -0.25) is 4.79 Å². The van der Waals surface area contributed by atoms with E-state index in [2.05, 4.69) is 6.07 Å². The maximum Gasteiger partial charge on any atom is 0.223 e. The van der Waals surface area contributed by atoms with Crippen molar-refractivity contribution in [1.82, 2.24) is 4.90 Å². The number of carbonyl (C=O) groups excluding carboxylic acids is 1. The van der Waals surface area contributed by atoms with Crippen LogP contribution in [-0.4, -0.2) is 17.9 Å². The molecule has 0 fully saturated rings. The first-order valence-corrected chi connectivity index (χ1v) is 5.32. The maximum absolute atomic E-state index is 11.5. The van der Waals surface area contributed by atoms with Gasteiger partial charge in [-0.25, -0.2) is 0 Å². The Morgan fingerprint density at radius 1 is 1.44 bits per heavy atom. The van der Waals surface area contributed by atoms with Gasteiger partial charge in [0.1, 0.15) is 6.04 Å². The lowest BCUT2D eigenvalue weighted by Crippen LogP contribution is -2.29. The van der Waals surface area contributed by atoms with Crippen molar-refractivity contribution < 1.29 is 4.79 Å². The first-order valence-electron chi connectivity index (χ1n) is 5.32. The number of hydrogen-bond donors (Lipinski definition) is 0. The summed E-state index contributed by atoms with van der Waals surface area (Å²) in [4.78, 5) is 13.0. The van der Waals surface area contributed by atoms with Crippen molar-refractivity contribution in [1.29, 1.82) is 5.26 Å². The van der Waals surface area contributed by atoms with Gasteiger partial charge < -0.3 is 4.90 Å². The Morgan fingerprint density at radius 3 is 2.44 bits per heavy atom. The molecule has 3 heteroatoms. The molecule has 0 spiro atoms. The first kappa shape index (κ1) is 12.3. The fourth-order valence-corrected chi connectivity index (χ4v) is 1.53. The lowest BCUT2D eigenvalue weighted by atomic mass is 10.0. The Morgan fingerprint density at radius 2 is 2.00 bits per heavy atom. The fraction of sp³-hybridized carbons (Fsp3) is 0.385. The van der Waals surface area contributed by atoms with Crippen molar-refractivity contribution in [2.75, 3.05) is 7.05 Å². The van der Waals surface area contributed by atoms with E-state index in [0.29, 0.717) is 6.42 Å². The van der Waals surface area contributed by atoms with Crippen LogP contribution in [0.2, 0.25) is 0 Å². The molecule has 1 unspecified atom stereocenters. The summed E-state index contributed by atoms with van der Waals surface area (Å²) in [7, 11) is 1.67. The van der Waals surface area contributed by atoms with Crippen LogP contribution in [0.25, 0.3) is 0 Å². The molecule has 0 aliphatic rings. The second-order valence-corrected chi connectivity index (χ2v) is 3.80. The number of nitrogens with zero attached hydrogens (tertiary/aromatic N) is 2. The molecule has 84 valence electrons. The predicted molar refractivity (Wildman–Crippen MR) is 62.6 cm³/mol. The van der Waals surface area contributed by atoms with E-state index in [9.17, 15) is 4.79 Å². The number of nitriles is 1. The Balaban J connectivity index is 2.95. The van der Waals surface area contributed by atoms with Gasteiger partial charge in [0.05, 0.1) is 6.07 Å². The van der Waals surface area contributed by atoms with E-state index in [1.165, 1.54) is 4.90 Å². The Labute approximate surface area is 96.3 Å². The number of amides is 1. The summed E-state index contributed by atoms with van der Waals surface area (Å²) >= 11 is 0. The van der Waals surface area contributed by atoms with Crippen molar-refractivity contribution in [3.63, 3.8) is 0 Å². The Hall–Kier alpha value is -1.82. The SMILES string of the molecule is CCC(=O)N(C)C(C#N)c1ccc(C)cc1. The first-order chi connectivity index (χ1) is 7.60. The Kier molecular flexibility index (Phi) is 4.07. The molecule has 1 amide bonds. The third-order valence-electron chi connectivity index (χ3n) is 2.60. The van der Waals surface area contributed by atoms with E-state index >= 15 is 0 Å². The predicted octanol–water partition coefficient (Wildman–Crippen LogP) is 2.43. The number of benzene rings is 1. The average Bonchev–Trinajstić information content (AvgIpc) is 2.31. The minimum absolute atomic E-state index is 0.0212. The van der Waals surface area contributed by atoms with E-state index in [1.807, 2.05) is 31.2 Å². The molecule has 1 aromatic carbocycles. The molecule has 0 bridgehead atoms. The Bertz CT molecular complexity index is 403. The molecule has 0 N–H and O–H groups in total. The molecule has 1 rings (SSSR count). The summed E-state index contributed by atoms with van der Waals surface area (Å²) in [5.41, 5.74) is 2.00. The van der Waals surface area contributed by atoms with Crippen LogP contribution in [0.4, 0.5) is 0 Å². The van der Waals surface area contributed by atoms with Crippen molar-refractivity contribution in [2.45, 2.75) is 26.3 Å². The summed E-state index contributed by atoms with van der Waals surface area (Å²) in [5.74, 6) is -0.0212. The minimum Gasteiger partial charge on any atom is -0.326 e.